The first kappa shape index (κ1) is 16.6. The summed E-state index contributed by atoms with van der Waals surface area (Å²) in [5, 5.41) is 17.9. The second-order valence-electron chi connectivity index (χ2n) is 6.75. The summed E-state index contributed by atoms with van der Waals surface area (Å²) in [6, 6.07) is 6.55. The summed E-state index contributed by atoms with van der Waals surface area (Å²) in [4.78, 5) is 21.7. The number of aromatic nitrogens is 3. The zero-order valence-electron chi connectivity index (χ0n) is 14.9. The summed E-state index contributed by atoms with van der Waals surface area (Å²) in [5.41, 5.74) is 1.97. The van der Waals surface area contributed by atoms with Gasteiger partial charge in [0.2, 0.25) is 5.95 Å². The number of hydrogen-bond donors (Lipinski definition) is 2. The number of carbonyl (C=O) groups excluding carboxylic acids is 1. The first-order valence-electron chi connectivity index (χ1n) is 8.69. The average Bonchev–Trinajstić information content (AvgIpc) is 3.09. The van der Waals surface area contributed by atoms with Crippen molar-refractivity contribution in [3.63, 3.8) is 0 Å². The van der Waals surface area contributed by atoms with Gasteiger partial charge < -0.3 is 20.2 Å². The number of benzene rings is 1. The molecule has 0 saturated carbocycles. The Hall–Kier alpha value is -2.87. The lowest BCUT2D eigenvalue weighted by molar-refractivity contribution is -0.129. The maximum absolute atomic E-state index is 13.4. The van der Waals surface area contributed by atoms with Crippen LogP contribution in [0.4, 0.5) is 5.95 Å². The standard InChI is InChI=1S/C18H22N6O2/c1-12-15(17(26)23-9-7-22(2)8-10-23)16(13-5-3-4-6-14(13)25)24-18(21-12)19-11-20-24/h3-6,11,16,25H,7-10H2,1-2H3,(H,19,20,21)/t16-/m1/s1. The number of phenols is 1. The van der Waals surface area contributed by atoms with Gasteiger partial charge in [-0.25, -0.2) is 4.68 Å². The molecular weight excluding hydrogens is 332 g/mol. The Balaban J connectivity index is 1.78. The summed E-state index contributed by atoms with van der Waals surface area (Å²) >= 11 is 0. The van der Waals surface area contributed by atoms with Crippen LogP contribution in [0.25, 0.3) is 0 Å². The van der Waals surface area contributed by atoms with Gasteiger partial charge in [0.1, 0.15) is 18.1 Å². The topological polar surface area (TPSA) is 86.5 Å². The molecule has 2 aromatic rings. The minimum atomic E-state index is -0.512. The third-order valence-electron chi connectivity index (χ3n) is 5.05. The Morgan fingerprint density at radius 3 is 2.69 bits per heavy atom. The predicted octanol–water partition coefficient (Wildman–Crippen LogP) is 1.05. The molecule has 3 heterocycles. The van der Waals surface area contributed by atoms with Crippen molar-refractivity contribution in [1.29, 1.82) is 0 Å². The van der Waals surface area contributed by atoms with Crippen LogP contribution in [0.2, 0.25) is 0 Å². The number of carbonyl (C=O) groups is 1. The molecule has 0 radical (unpaired) electrons. The van der Waals surface area contributed by atoms with Gasteiger partial charge in [0.15, 0.2) is 0 Å². The van der Waals surface area contributed by atoms with Crippen LogP contribution < -0.4 is 5.32 Å². The Bertz CT molecular complexity index is 866. The van der Waals surface area contributed by atoms with Crippen LogP contribution in [0, 0.1) is 0 Å². The molecular formula is C18H22N6O2. The second-order valence-corrected chi connectivity index (χ2v) is 6.75. The highest BCUT2D eigenvalue weighted by Gasteiger charge is 2.37. The van der Waals surface area contributed by atoms with E-state index < -0.39 is 6.04 Å². The number of amides is 1. The highest BCUT2D eigenvalue weighted by Crippen LogP contribution is 2.38. The molecule has 2 aliphatic heterocycles. The van der Waals surface area contributed by atoms with E-state index in [4.69, 9.17) is 0 Å². The molecule has 1 amide bonds. The normalized spacial score (nSPS) is 20.7. The van der Waals surface area contributed by atoms with Crippen molar-refractivity contribution in [2.75, 3.05) is 38.5 Å². The molecule has 1 atom stereocenters. The molecule has 0 aliphatic carbocycles. The van der Waals surface area contributed by atoms with E-state index >= 15 is 0 Å². The van der Waals surface area contributed by atoms with Crippen LogP contribution in [0.15, 0.2) is 41.9 Å². The van der Waals surface area contributed by atoms with Crippen LogP contribution in [-0.4, -0.2) is 68.8 Å². The monoisotopic (exact) mass is 354 g/mol. The van der Waals surface area contributed by atoms with Crippen molar-refractivity contribution in [2.45, 2.75) is 13.0 Å². The number of phenolic OH excluding ortho intramolecular Hbond substituents is 1. The molecule has 1 saturated heterocycles. The fourth-order valence-electron chi connectivity index (χ4n) is 3.55. The Morgan fingerprint density at radius 1 is 1.23 bits per heavy atom. The number of piperazine rings is 1. The lowest BCUT2D eigenvalue weighted by Crippen LogP contribution is -2.49. The quantitative estimate of drug-likeness (QED) is 0.838. The van der Waals surface area contributed by atoms with Gasteiger partial charge in [0, 0.05) is 37.4 Å². The Labute approximate surface area is 151 Å². The van der Waals surface area contributed by atoms with E-state index in [2.05, 4.69) is 27.3 Å². The van der Waals surface area contributed by atoms with Gasteiger partial charge >= 0.3 is 0 Å². The third-order valence-corrected chi connectivity index (χ3v) is 5.05. The molecule has 1 fully saturated rings. The van der Waals surface area contributed by atoms with E-state index in [-0.39, 0.29) is 11.7 Å². The average molecular weight is 354 g/mol. The van der Waals surface area contributed by atoms with Crippen molar-refractivity contribution in [2.24, 2.45) is 0 Å². The van der Waals surface area contributed by atoms with E-state index in [9.17, 15) is 9.90 Å². The molecule has 1 aromatic heterocycles. The predicted molar refractivity (Wildman–Crippen MR) is 96.7 cm³/mol. The molecule has 0 spiro atoms. The van der Waals surface area contributed by atoms with E-state index in [1.165, 1.54) is 6.33 Å². The molecule has 1 aromatic carbocycles. The molecule has 8 nitrogen and oxygen atoms in total. The van der Waals surface area contributed by atoms with Crippen LogP contribution in [0.1, 0.15) is 18.5 Å². The minimum Gasteiger partial charge on any atom is -0.508 e. The summed E-state index contributed by atoms with van der Waals surface area (Å²) in [6.45, 7) is 4.94. The summed E-state index contributed by atoms with van der Waals surface area (Å²) < 4.78 is 1.66. The number of para-hydroxylation sites is 1. The maximum atomic E-state index is 13.4. The number of aromatic hydroxyl groups is 1. The summed E-state index contributed by atoms with van der Waals surface area (Å²) in [6.07, 6.45) is 1.45. The molecule has 2 N–H and O–H groups in total. The molecule has 0 unspecified atom stereocenters. The highest BCUT2D eigenvalue weighted by atomic mass is 16.3. The van der Waals surface area contributed by atoms with E-state index in [0.717, 1.165) is 18.8 Å². The Kier molecular flexibility index (Phi) is 4.12. The second kappa shape index (κ2) is 6.45. The number of hydrogen-bond acceptors (Lipinski definition) is 6. The smallest absolute Gasteiger partial charge is 0.254 e. The van der Waals surface area contributed by atoms with Crippen molar-refractivity contribution in [3.8, 4) is 5.75 Å². The summed E-state index contributed by atoms with van der Waals surface area (Å²) in [5.74, 6) is 0.667. The zero-order valence-corrected chi connectivity index (χ0v) is 14.9. The first-order chi connectivity index (χ1) is 12.6. The fourth-order valence-corrected chi connectivity index (χ4v) is 3.55. The number of nitrogens with zero attached hydrogens (tertiary/aromatic N) is 5. The number of allylic oxidation sites excluding steroid dienone is 1. The number of fused-ring (bicyclic) bond motifs is 1. The first-order valence-corrected chi connectivity index (χ1v) is 8.69. The van der Waals surface area contributed by atoms with E-state index in [0.29, 0.717) is 30.2 Å². The van der Waals surface area contributed by atoms with E-state index in [1.807, 2.05) is 24.0 Å². The molecule has 0 bridgehead atoms. The van der Waals surface area contributed by atoms with Gasteiger partial charge in [0.25, 0.3) is 5.91 Å². The van der Waals surface area contributed by atoms with Crippen LogP contribution in [0.5, 0.6) is 5.75 Å². The summed E-state index contributed by atoms with van der Waals surface area (Å²) in [7, 11) is 2.06. The van der Waals surface area contributed by atoms with Crippen LogP contribution in [0.3, 0.4) is 0 Å². The Morgan fingerprint density at radius 2 is 1.96 bits per heavy atom. The fraction of sp³-hybridized carbons (Fsp3) is 0.389. The third kappa shape index (κ3) is 2.72. The van der Waals surface area contributed by atoms with Crippen LogP contribution in [-0.2, 0) is 4.79 Å². The zero-order chi connectivity index (χ0) is 18.3. The number of rotatable bonds is 2. The lowest BCUT2D eigenvalue weighted by atomic mass is 9.93. The van der Waals surface area contributed by atoms with Crippen LogP contribution >= 0.6 is 0 Å². The minimum absolute atomic E-state index is 0.0301. The number of anilines is 1. The van der Waals surface area contributed by atoms with Crippen molar-refractivity contribution < 1.29 is 9.90 Å². The maximum Gasteiger partial charge on any atom is 0.254 e. The largest absolute Gasteiger partial charge is 0.508 e. The highest BCUT2D eigenvalue weighted by molar-refractivity contribution is 5.97. The number of likely N-dealkylation sites (N-methyl/N-ethyl adjacent to an activating group) is 1. The van der Waals surface area contributed by atoms with E-state index in [1.54, 1.807) is 16.8 Å². The molecule has 8 heteroatoms. The van der Waals surface area contributed by atoms with Gasteiger partial charge in [-0.05, 0) is 20.0 Å². The number of nitrogens with one attached hydrogen (secondary N) is 1. The van der Waals surface area contributed by atoms with Crippen molar-refractivity contribution in [1.82, 2.24) is 24.6 Å². The lowest BCUT2D eigenvalue weighted by Gasteiger charge is -2.36. The van der Waals surface area contributed by atoms with Gasteiger partial charge in [-0.2, -0.15) is 10.1 Å². The van der Waals surface area contributed by atoms with Crippen molar-refractivity contribution in [3.05, 3.63) is 47.4 Å². The van der Waals surface area contributed by atoms with Crippen molar-refractivity contribution >= 4 is 11.9 Å². The molecule has 136 valence electrons. The molecule has 2 aliphatic rings. The van der Waals surface area contributed by atoms with Gasteiger partial charge in [-0.1, -0.05) is 18.2 Å². The van der Waals surface area contributed by atoms with Gasteiger partial charge in [0.05, 0.1) is 5.57 Å². The molecule has 26 heavy (non-hydrogen) atoms. The SMILES string of the molecule is CC1=C(C(=O)N2CCN(C)CC2)[C@@H](c2ccccc2O)n2ncnc2N1. The van der Waals surface area contributed by atoms with Gasteiger partial charge in [-0.15, -0.1) is 0 Å². The molecule has 4 rings (SSSR count). The van der Waals surface area contributed by atoms with Gasteiger partial charge in [-0.3, -0.25) is 4.79 Å².